The molecule has 2 nitrogen and oxygen atoms in total. The lowest BCUT2D eigenvalue weighted by molar-refractivity contribution is 0.0203. The summed E-state index contributed by atoms with van der Waals surface area (Å²) in [7, 11) is 0. The van der Waals surface area contributed by atoms with Crippen molar-refractivity contribution in [2.24, 2.45) is 17.3 Å². The molecule has 1 aromatic rings. The molecule has 2 rings (SSSR count). The van der Waals surface area contributed by atoms with Crippen LogP contribution < -0.4 is 0 Å². The number of hydrogen-bond donors (Lipinski definition) is 0. The third-order valence-electron chi connectivity index (χ3n) is 4.95. The molecule has 0 saturated heterocycles. The fraction of sp³-hybridized carbons (Fsp3) is 0.500. The van der Waals surface area contributed by atoms with Crippen LogP contribution >= 0.6 is 0 Å². The summed E-state index contributed by atoms with van der Waals surface area (Å²) in [6.07, 6.45) is 2.22. The maximum Gasteiger partial charge on any atom is 0.338 e. The second kappa shape index (κ2) is 5.82. The lowest BCUT2D eigenvalue weighted by Crippen LogP contribution is -2.39. The molecule has 0 aliphatic heterocycles. The summed E-state index contributed by atoms with van der Waals surface area (Å²) in [6, 6.07) is 9.16. The van der Waals surface area contributed by atoms with Gasteiger partial charge in [-0.25, -0.2) is 4.79 Å². The Labute approximate surface area is 121 Å². The average molecular weight is 272 g/mol. The summed E-state index contributed by atoms with van der Waals surface area (Å²) >= 11 is 0. The SMILES string of the molecule is C=C1CC[C@H](C)C(C)(C)[C@H]1COC(=O)c1ccccc1. The van der Waals surface area contributed by atoms with Gasteiger partial charge in [-0.2, -0.15) is 0 Å². The molecule has 0 amide bonds. The highest BCUT2D eigenvalue weighted by Gasteiger charge is 2.40. The van der Waals surface area contributed by atoms with Crippen LogP contribution in [0.5, 0.6) is 0 Å². The summed E-state index contributed by atoms with van der Waals surface area (Å²) in [5, 5.41) is 0. The smallest absolute Gasteiger partial charge is 0.338 e. The number of carbonyl (C=O) groups is 1. The van der Waals surface area contributed by atoms with Crippen LogP contribution in [0, 0.1) is 17.3 Å². The maximum atomic E-state index is 12.0. The van der Waals surface area contributed by atoms with Crippen molar-refractivity contribution in [2.45, 2.75) is 33.6 Å². The van der Waals surface area contributed by atoms with Crippen LogP contribution in [-0.2, 0) is 4.74 Å². The largest absolute Gasteiger partial charge is 0.461 e. The van der Waals surface area contributed by atoms with Gasteiger partial charge in [-0.1, -0.05) is 51.1 Å². The summed E-state index contributed by atoms with van der Waals surface area (Å²) in [6.45, 7) is 11.4. The molecule has 0 unspecified atom stereocenters. The first kappa shape index (κ1) is 14.8. The van der Waals surface area contributed by atoms with Crippen molar-refractivity contribution >= 4 is 5.97 Å². The van der Waals surface area contributed by atoms with Crippen LogP contribution in [0.1, 0.15) is 44.0 Å². The molecule has 0 spiro atoms. The van der Waals surface area contributed by atoms with E-state index >= 15 is 0 Å². The minimum absolute atomic E-state index is 0.131. The lowest BCUT2D eigenvalue weighted by atomic mass is 9.61. The van der Waals surface area contributed by atoms with E-state index in [9.17, 15) is 4.79 Å². The molecule has 0 radical (unpaired) electrons. The molecule has 2 heteroatoms. The van der Waals surface area contributed by atoms with E-state index in [0.29, 0.717) is 18.1 Å². The molecule has 1 aliphatic carbocycles. The number of benzene rings is 1. The van der Waals surface area contributed by atoms with E-state index in [1.807, 2.05) is 18.2 Å². The fourth-order valence-electron chi connectivity index (χ4n) is 2.97. The Morgan fingerprint density at radius 2 is 2.00 bits per heavy atom. The van der Waals surface area contributed by atoms with Crippen LogP contribution in [0.2, 0.25) is 0 Å². The molecule has 20 heavy (non-hydrogen) atoms. The van der Waals surface area contributed by atoms with Crippen LogP contribution in [-0.4, -0.2) is 12.6 Å². The Bertz CT molecular complexity index is 487. The lowest BCUT2D eigenvalue weighted by Gasteiger charge is -2.44. The van der Waals surface area contributed by atoms with Gasteiger partial charge in [0, 0.05) is 5.92 Å². The third kappa shape index (κ3) is 2.95. The minimum Gasteiger partial charge on any atom is -0.461 e. The molecule has 1 fully saturated rings. The standard InChI is InChI=1S/C18H24O2/c1-13-10-11-14(2)18(3,4)16(13)12-20-17(19)15-8-6-5-7-9-15/h5-9,14,16H,1,10-12H2,2-4H3/t14-,16-/m0/s1. The van der Waals surface area contributed by atoms with Crippen molar-refractivity contribution in [1.82, 2.24) is 0 Å². The summed E-state index contributed by atoms with van der Waals surface area (Å²) in [5.74, 6) is 0.625. The second-order valence-electron chi connectivity index (χ2n) is 6.44. The summed E-state index contributed by atoms with van der Waals surface area (Å²) < 4.78 is 5.52. The van der Waals surface area contributed by atoms with Crippen molar-refractivity contribution in [2.75, 3.05) is 6.61 Å². The van der Waals surface area contributed by atoms with E-state index < -0.39 is 0 Å². The van der Waals surface area contributed by atoms with Gasteiger partial charge in [-0.3, -0.25) is 0 Å². The highest BCUT2D eigenvalue weighted by Crippen LogP contribution is 2.46. The number of rotatable bonds is 3. The zero-order valence-corrected chi connectivity index (χ0v) is 12.7. The summed E-state index contributed by atoms with van der Waals surface area (Å²) in [5.41, 5.74) is 1.96. The van der Waals surface area contributed by atoms with Crippen molar-refractivity contribution < 1.29 is 9.53 Å². The molecule has 0 aromatic heterocycles. The zero-order valence-electron chi connectivity index (χ0n) is 12.7. The van der Waals surface area contributed by atoms with Crippen LogP contribution in [0.3, 0.4) is 0 Å². The van der Waals surface area contributed by atoms with Gasteiger partial charge in [0.2, 0.25) is 0 Å². The molecule has 0 heterocycles. The second-order valence-corrected chi connectivity index (χ2v) is 6.44. The maximum absolute atomic E-state index is 12.0. The normalized spacial score (nSPS) is 25.2. The van der Waals surface area contributed by atoms with Crippen LogP contribution in [0.4, 0.5) is 0 Å². The van der Waals surface area contributed by atoms with E-state index in [1.165, 1.54) is 12.0 Å². The van der Waals surface area contributed by atoms with E-state index in [0.717, 1.165) is 6.42 Å². The summed E-state index contributed by atoms with van der Waals surface area (Å²) in [4.78, 5) is 12.0. The Hall–Kier alpha value is -1.57. The molecular weight excluding hydrogens is 248 g/mol. The topological polar surface area (TPSA) is 26.3 Å². The highest BCUT2D eigenvalue weighted by atomic mass is 16.5. The molecule has 0 N–H and O–H groups in total. The molecule has 1 aliphatic rings. The first-order chi connectivity index (χ1) is 9.43. The predicted octanol–water partition coefficient (Wildman–Crippen LogP) is 4.47. The molecule has 108 valence electrons. The average Bonchev–Trinajstić information content (AvgIpc) is 2.44. The van der Waals surface area contributed by atoms with Gasteiger partial charge in [0.15, 0.2) is 0 Å². The van der Waals surface area contributed by atoms with Gasteiger partial charge in [0.1, 0.15) is 0 Å². The molecule has 1 saturated carbocycles. The van der Waals surface area contributed by atoms with Crippen LogP contribution in [0.15, 0.2) is 42.5 Å². The van der Waals surface area contributed by atoms with E-state index in [1.54, 1.807) is 12.1 Å². The highest BCUT2D eigenvalue weighted by molar-refractivity contribution is 5.89. The van der Waals surface area contributed by atoms with Gasteiger partial charge in [-0.15, -0.1) is 0 Å². The van der Waals surface area contributed by atoms with E-state index in [2.05, 4.69) is 27.4 Å². The van der Waals surface area contributed by atoms with Gasteiger partial charge >= 0.3 is 5.97 Å². The van der Waals surface area contributed by atoms with Gasteiger partial charge in [-0.05, 0) is 36.3 Å². The first-order valence-electron chi connectivity index (χ1n) is 7.32. The van der Waals surface area contributed by atoms with E-state index in [-0.39, 0.29) is 17.3 Å². The van der Waals surface area contributed by atoms with Gasteiger partial charge < -0.3 is 4.74 Å². The van der Waals surface area contributed by atoms with Crippen molar-refractivity contribution in [3.63, 3.8) is 0 Å². The number of esters is 1. The molecule has 1 aromatic carbocycles. The van der Waals surface area contributed by atoms with Gasteiger partial charge in [0.05, 0.1) is 12.2 Å². The fourth-order valence-corrected chi connectivity index (χ4v) is 2.97. The minimum atomic E-state index is -0.243. The van der Waals surface area contributed by atoms with Crippen molar-refractivity contribution in [1.29, 1.82) is 0 Å². The van der Waals surface area contributed by atoms with Crippen LogP contribution in [0.25, 0.3) is 0 Å². The number of carbonyl (C=O) groups excluding carboxylic acids is 1. The van der Waals surface area contributed by atoms with Crippen molar-refractivity contribution in [3.05, 3.63) is 48.0 Å². The van der Waals surface area contributed by atoms with Gasteiger partial charge in [0.25, 0.3) is 0 Å². The van der Waals surface area contributed by atoms with Crippen molar-refractivity contribution in [3.8, 4) is 0 Å². The Morgan fingerprint density at radius 3 is 2.65 bits per heavy atom. The third-order valence-corrected chi connectivity index (χ3v) is 4.95. The predicted molar refractivity (Wildman–Crippen MR) is 81.5 cm³/mol. The number of ether oxygens (including phenoxy) is 1. The number of hydrogen-bond acceptors (Lipinski definition) is 2. The Kier molecular flexibility index (Phi) is 4.32. The molecular formula is C18H24O2. The van der Waals surface area contributed by atoms with E-state index in [4.69, 9.17) is 4.74 Å². The molecule has 0 bridgehead atoms. The Morgan fingerprint density at radius 1 is 1.35 bits per heavy atom. The molecule has 2 atom stereocenters. The Balaban J connectivity index is 2.02. The first-order valence-corrected chi connectivity index (χ1v) is 7.32. The quantitative estimate of drug-likeness (QED) is 0.599. The monoisotopic (exact) mass is 272 g/mol. The zero-order chi connectivity index (χ0) is 14.8.